The quantitative estimate of drug-likeness (QED) is 0.290. The maximum atomic E-state index is 14.7. The van der Waals surface area contributed by atoms with Crippen molar-refractivity contribution in [3.05, 3.63) is 113 Å². The van der Waals surface area contributed by atoms with Crippen LogP contribution in [0.2, 0.25) is 0 Å². The Morgan fingerprint density at radius 2 is 1.19 bits per heavy atom. The Hall–Kier alpha value is -3.67. The second kappa shape index (κ2) is 8.83. The van der Waals surface area contributed by atoms with Crippen LogP contribution in [0.1, 0.15) is 11.1 Å². The molecule has 0 atom stereocenters. The van der Waals surface area contributed by atoms with Crippen LogP contribution in [-0.4, -0.2) is 0 Å². The molecule has 162 valence electrons. The molecular weight excluding hydrogens is 423 g/mol. The van der Waals surface area contributed by atoms with Gasteiger partial charge in [-0.3, -0.25) is 0 Å². The highest BCUT2D eigenvalue weighted by Gasteiger charge is 2.16. The van der Waals surface area contributed by atoms with E-state index in [1.807, 2.05) is 30.3 Å². The molecule has 4 aromatic carbocycles. The second-order valence-electron chi connectivity index (χ2n) is 7.28. The molecule has 0 amide bonds. The summed E-state index contributed by atoms with van der Waals surface area (Å²) >= 11 is 0. The first-order chi connectivity index (χ1) is 15.3. The first-order valence-corrected chi connectivity index (χ1v) is 9.75. The largest absolute Gasteiger partial charge is 0.488 e. The predicted molar refractivity (Wildman–Crippen MR) is 113 cm³/mol. The van der Waals surface area contributed by atoms with Crippen molar-refractivity contribution in [2.45, 2.75) is 13.5 Å². The minimum absolute atomic E-state index is 0.0216. The Bertz CT molecular complexity index is 1240. The molecule has 32 heavy (non-hydrogen) atoms. The van der Waals surface area contributed by atoms with Gasteiger partial charge in [0.05, 0.1) is 5.56 Å². The highest BCUT2D eigenvalue weighted by molar-refractivity contribution is 5.71. The first kappa shape index (κ1) is 21.6. The van der Waals surface area contributed by atoms with Gasteiger partial charge >= 0.3 is 0 Å². The van der Waals surface area contributed by atoms with E-state index in [9.17, 15) is 22.0 Å². The van der Waals surface area contributed by atoms with E-state index in [1.54, 1.807) is 6.07 Å². The van der Waals surface area contributed by atoms with E-state index in [2.05, 4.69) is 0 Å². The normalized spacial score (nSPS) is 10.9. The van der Waals surface area contributed by atoms with Crippen molar-refractivity contribution in [2.24, 2.45) is 0 Å². The van der Waals surface area contributed by atoms with Crippen LogP contribution in [0.25, 0.3) is 22.3 Å². The van der Waals surface area contributed by atoms with E-state index in [0.29, 0.717) is 5.56 Å². The van der Waals surface area contributed by atoms with Gasteiger partial charge in [0, 0.05) is 23.3 Å². The molecule has 4 aromatic rings. The van der Waals surface area contributed by atoms with E-state index < -0.39 is 41.3 Å². The molecule has 0 heterocycles. The molecule has 0 aliphatic heterocycles. The fourth-order valence-corrected chi connectivity index (χ4v) is 3.32. The molecule has 0 saturated carbocycles. The van der Waals surface area contributed by atoms with Crippen molar-refractivity contribution < 1.29 is 26.7 Å². The van der Waals surface area contributed by atoms with Crippen LogP contribution in [0.4, 0.5) is 22.0 Å². The third-order valence-corrected chi connectivity index (χ3v) is 5.17. The van der Waals surface area contributed by atoms with Crippen LogP contribution < -0.4 is 4.74 Å². The van der Waals surface area contributed by atoms with Crippen molar-refractivity contribution in [1.82, 2.24) is 0 Å². The Morgan fingerprint density at radius 3 is 1.78 bits per heavy atom. The highest BCUT2D eigenvalue weighted by atomic mass is 19.1. The fourth-order valence-electron chi connectivity index (χ4n) is 3.32. The van der Waals surface area contributed by atoms with Crippen molar-refractivity contribution in [1.29, 1.82) is 0 Å². The van der Waals surface area contributed by atoms with Crippen LogP contribution >= 0.6 is 0 Å². The maximum Gasteiger partial charge on any atom is 0.133 e. The molecule has 0 aromatic heterocycles. The number of hydrogen-bond donors (Lipinski definition) is 0. The molecule has 0 saturated heterocycles. The number of halogens is 5. The van der Waals surface area contributed by atoms with E-state index in [-0.39, 0.29) is 22.4 Å². The van der Waals surface area contributed by atoms with Gasteiger partial charge in [-0.05, 0) is 41.8 Å². The summed E-state index contributed by atoms with van der Waals surface area (Å²) in [5.41, 5.74) is 0.893. The van der Waals surface area contributed by atoms with E-state index in [4.69, 9.17) is 4.74 Å². The minimum atomic E-state index is -0.959. The van der Waals surface area contributed by atoms with Gasteiger partial charge in [-0.1, -0.05) is 42.5 Å². The molecule has 0 radical (unpaired) electrons. The third-order valence-electron chi connectivity index (χ3n) is 5.17. The van der Waals surface area contributed by atoms with Gasteiger partial charge in [0.2, 0.25) is 0 Å². The number of ether oxygens (including phenoxy) is 1. The molecule has 0 aliphatic carbocycles. The summed E-state index contributed by atoms with van der Waals surface area (Å²) < 4.78 is 76.4. The minimum Gasteiger partial charge on any atom is -0.488 e. The summed E-state index contributed by atoms with van der Waals surface area (Å²) in [6.45, 7) is 0.674. The second-order valence-corrected chi connectivity index (χ2v) is 7.28. The Labute approximate surface area is 181 Å². The summed E-state index contributed by atoms with van der Waals surface area (Å²) in [5.74, 6) is -4.40. The first-order valence-electron chi connectivity index (χ1n) is 9.75. The summed E-state index contributed by atoms with van der Waals surface area (Å²) in [5, 5.41) is 0. The molecule has 1 nitrogen and oxygen atoms in total. The van der Waals surface area contributed by atoms with Crippen molar-refractivity contribution in [2.75, 3.05) is 0 Å². The lowest BCUT2D eigenvalue weighted by Crippen LogP contribution is -2.04. The monoisotopic (exact) mass is 440 g/mol. The lowest BCUT2D eigenvalue weighted by molar-refractivity contribution is 0.289. The van der Waals surface area contributed by atoms with Crippen molar-refractivity contribution >= 4 is 0 Å². The molecule has 0 aliphatic rings. The van der Waals surface area contributed by atoms with Gasteiger partial charge in [0.25, 0.3) is 0 Å². The van der Waals surface area contributed by atoms with Gasteiger partial charge in [0.15, 0.2) is 0 Å². The zero-order chi connectivity index (χ0) is 22.8. The molecule has 6 heteroatoms. The molecule has 0 spiro atoms. The lowest BCUT2D eigenvalue weighted by Gasteiger charge is -2.12. The molecule has 0 bridgehead atoms. The molecule has 0 unspecified atom stereocenters. The average Bonchev–Trinajstić information content (AvgIpc) is 2.77. The summed E-state index contributed by atoms with van der Waals surface area (Å²) in [6, 6.07) is 17.5. The summed E-state index contributed by atoms with van der Waals surface area (Å²) in [6.07, 6.45) is 0. The summed E-state index contributed by atoms with van der Waals surface area (Å²) in [7, 11) is 0. The zero-order valence-corrected chi connectivity index (χ0v) is 16.9. The zero-order valence-electron chi connectivity index (χ0n) is 16.9. The van der Waals surface area contributed by atoms with Crippen LogP contribution in [-0.2, 0) is 6.61 Å². The van der Waals surface area contributed by atoms with Crippen LogP contribution in [0.5, 0.6) is 5.75 Å². The highest BCUT2D eigenvalue weighted by Crippen LogP contribution is 2.31. The van der Waals surface area contributed by atoms with Gasteiger partial charge < -0.3 is 4.74 Å². The topological polar surface area (TPSA) is 9.23 Å². The Morgan fingerprint density at radius 1 is 0.594 bits per heavy atom. The van der Waals surface area contributed by atoms with Crippen LogP contribution in [0, 0.1) is 36.0 Å². The standard InChI is InChI=1S/C26H17F5O/c1-15-22(27)12-19(13-23(15)28)32-14-21-25(30)10-18(11-26(21)31)20-8-7-17(9-24(20)29)16-5-3-2-4-6-16/h2-13H,14H2,1H3. The van der Waals surface area contributed by atoms with Crippen LogP contribution in [0.15, 0.2) is 72.8 Å². The van der Waals surface area contributed by atoms with Gasteiger partial charge in [-0.25, -0.2) is 22.0 Å². The van der Waals surface area contributed by atoms with Crippen molar-refractivity contribution in [3.8, 4) is 28.0 Å². The number of rotatable bonds is 5. The van der Waals surface area contributed by atoms with Gasteiger partial charge in [-0.15, -0.1) is 0 Å². The Balaban J connectivity index is 1.59. The maximum absolute atomic E-state index is 14.7. The average molecular weight is 440 g/mol. The lowest BCUT2D eigenvalue weighted by atomic mass is 9.98. The smallest absolute Gasteiger partial charge is 0.133 e. The molecule has 0 fully saturated rings. The fraction of sp³-hybridized carbons (Fsp3) is 0.0769. The third kappa shape index (κ3) is 4.35. The summed E-state index contributed by atoms with van der Waals surface area (Å²) in [4.78, 5) is 0. The van der Waals surface area contributed by atoms with Gasteiger partial charge in [-0.2, -0.15) is 0 Å². The predicted octanol–water partition coefficient (Wildman–Crippen LogP) is 7.60. The van der Waals surface area contributed by atoms with Gasteiger partial charge in [0.1, 0.15) is 41.4 Å². The Kier molecular flexibility index (Phi) is 5.95. The molecular formula is C26H17F5O. The number of hydrogen-bond acceptors (Lipinski definition) is 1. The molecule has 0 N–H and O–H groups in total. The number of benzene rings is 4. The SMILES string of the molecule is Cc1c(F)cc(OCc2c(F)cc(-c3ccc(-c4ccccc4)cc3F)cc2F)cc1F. The van der Waals surface area contributed by atoms with E-state index in [1.165, 1.54) is 19.1 Å². The van der Waals surface area contributed by atoms with Crippen molar-refractivity contribution in [3.63, 3.8) is 0 Å². The van der Waals surface area contributed by atoms with E-state index in [0.717, 1.165) is 29.8 Å². The van der Waals surface area contributed by atoms with E-state index >= 15 is 0 Å². The molecule has 4 rings (SSSR count). The van der Waals surface area contributed by atoms with Crippen LogP contribution in [0.3, 0.4) is 0 Å².